The van der Waals surface area contributed by atoms with Crippen LogP contribution in [0.5, 0.6) is 11.5 Å². The Morgan fingerprint density at radius 3 is 2.33 bits per heavy atom. The van der Waals surface area contributed by atoms with Gasteiger partial charge in [-0.2, -0.15) is 0 Å². The molecule has 0 amide bonds. The van der Waals surface area contributed by atoms with Crippen LogP contribution in [0.15, 0.2) is 36.4 Å². The van der Waals surface area contributed by atoms with Crippen LogP contribution in [0.2, 0.25) is 0 Å². The van der Waals surface area contributed by atoms with Crippen molar-refractivity contribution in [2.45, 2.75) is 37.6 Å². The molecule has 27 heavy (non-hydrogen) atoms. The number of aliphatic hydroxyl groups is 3. The molecule has 0 unspecified atom stereocenters. The van der Waals surface area contributed by atoms with Crippen molar-refractivity contribution in [2.24, 2.45) is 0 Å². The molecule has 0 spiro atoms. The average molecular weight is 378 g/mol. The zero-order valence-electron chi connectivity index (χ0n) is 14.9. The SMILES string of the molecule is COc1cccc2cccc(O[C@@H]3O[C@H](COC(C)=O)[C@@H](O)[C@H](O)[C@H]3O)c12. The zero-order chi connectivity index (χ0) is 19.6. The van der Waals surface area contributed by atoms with Gasteiger partial charge in [-0.3, -0.25) is 4.79 Å². The molecule has 0 bridgehead atoms. The van der Waals surface area contributed by atoms with Gasteiger partial charge in [-0.15, -0.1) is 0 Å². The third kappa shape index (κ3) is 3.98. The number of aliphatic hydroxyl groups excluding tert-OH is 3. The molecule has 0 radical (unpaired) electrons. The summed E-state index contributed by atoms with van der Waals surface area (Å²) in [6, 6.07) is 10.8. The first-order valence-corrected chi connectivity index (χ1v) is 8.47. The van der Waals surface area contributed by atoms with Gasteiger partial charge in [0.2, 0.25) is 6.29 Å². The Hall–Kier alpha value is -2.39. The molecule has 0 saturated carbocycles. The molecule has 3 N–H and O–H groups in total. The van der Waals surface area contributed by atoms with Gasteiger partial charge < -0.3 is 34.3 Å². The van der Waals surface area contributed by atoms with Crippen LogP contribution < -0.4 is 9.47 Å². The number of esters is 1. The van der Waals surface area contributed by atoms with Crippen molar-refractivity contribution < 1.29 is 39.1 Å². The van der Waals surface area contributed by atoms with Crippen LogP contribution in [0.3, 0.4) is 0 Å². The van der Waals surface area contributed by atoms with E-state index in [1.807, 2.05) is 18.2 Å². The summed E-state index contributed by atoms with van der Waals surface area (Å²) in [6.45, 7) is 0.940. The van der Waals surface area contributed by atoms with Gasteiger partial charge in [-0.1, -0.05) is 24.3 Å². The molecule has 0 aliphatic carbocycles. The van der Waals surface area contributed by atoms with E-state index in [1.54, 1.807) is 18.2 Å². The van der Waals surface area contributed by atoms with Crippen molar-refractivity contribution in [3.8, 4) is 11.5 Å². The normalized spacial score (nSPS) is 28.0. The summed E-state index contributed by atoms with van der Waals surface area (Å²) in [7, 11) is 1.53. The summed E-state index contributed by atoms with van der Waals surface area (Å²) >= 11 is 0. The Kier molecular flexibility index (Phi) is 5.81. The van der Waals surface area contributed by atoms with Gasteiger partial charge in [-0.25, -0.2) is 0 Å². The molecule has 3 rings (SSSR count). The van der Waals surface area contributed by atoms with Crippen LogP contribution in [-0.2, 0) is 14.3 Å². The molecule has 1 aliphatic heterocycles. The maximum Gasteiger partial charge on any atom is 0.302 e. The number of carbonyl (C=O) groups is 1. The van der Waals surface area contributed by atoms with Gasteiger partial charge >= 0.3 is 5.97 Å². The fraction of sp³-hybridized carbons (Fsp3) is 0.421. The lowest BCUT2D eigenvalue weighted by molar-refractivity contribution is -0.278. The number of methoxy groups -OCH3 is 1. The van der Waals surface area contributed by atoms with Gasteiger partial charge in [-0.05, 0) is 17.5 Å². The fourth-order valence-electron chi connectivity index (χ4n) is 3.02. The molecule has 1 saturated heterocycles. The van der Waals surface area contributed by atoms with E-state index in [2.05, 4.69) is 0 Å². The second-order valence-corrected chi connectivity index (χ2v) is 6.25. The minimum atomic E-state index is -1.53. The smallest absolute Gasteiger partial charge is 0.302 e. The highest BCUT2D eigenvalue weighted by Gasteiger charge is 2.45. The summed E-state index contributed by atoms with van der Waals surface area (Å²) in [4.78, 5) is 11.0. The summed E-state index contributed by atoms with van der Waals surface area (Å²) in [5.74, 6) is 0.400. The Bertz CT molecular complexity index is 802. The number of fused-ring (bicyclic) bond motifs is 1. The minimum absolute atomic E-state index is 0.279. The molecule has 1 heterocycles. The van der Waals surface area contributed by atoms with Crippen LogP contribution in [-0.4, -0.2) is 65.7 Å². The molecule has 2 aromatic rings. The third-order valence-corrected chi connectivity index (χ3v) is 4.41. The molecule has 146 valence electrons. The van der Waals surface area contributed by atoms with E-state index < -0.39 is 36.7 Å². The minimum Gasteiger partial charge on any atom is -0.496 e. The first kappa shape index (κ1) is 19.4. The van der Waals surface area contributed by atoms with Gasteiger partial charge in [0.15, 0.2) is 0 Å². The third-order valence-electron chi connectivity index (χ3n) is 4.41. The Morgan fingerprint density at radius 2 is 1.70 bits per heavy atom. The largest absolute Gasteiger partial charge is 0.496 e. The maximum atomic E-state index is 11.0. The predicted molar refractivity (Wildman–Crippen MR) is 94.4 cm³/mol. The molecule has 8 heteroatoms. The van der Waals surface area contributed by atoms with E-state index in [9.17, 15) is 20.1 Å². The van der Waals surface area contributed by atoms with Crippen molar-refractivity contribution in [2.75, 3.05) is 13.7 Å². The first-order chi connectivity index (χ1) is 12.9. The molecule has 1 fully saturated rings. The Morgan fingerprint density at radius 1 is 1.04 bits per heavy atom. The molecule has 5 atom stereocenters. The molecular formula is C19H22O8. The Labute approximate surface area is 155 Å². The lowest BCUT2D eigenvalue weighted by atomic mass is 9.99. The van der Waals surface area contributed by atoms with E-state index in [4.69, 9.17) is 18.9 Å². The summed E-state index contributed by atoms with van der Waals surface area (Å²) < 4.78 is 21.6. The quantitative estimate of drug-likeness (QED) is 0.648. The van der Waals surface area contributed by atoms with Gasteiger partial charge in [0.1, 0.15) is 42.5 Å². The molecular weight excluding hydrogens is 356 g/mol. The Balaban J connectivity index is 1.87. The topological polar surface area (TPSA) is 115 Å². The van der Waals surface area contributed by atoms with Crippen LogP contribution >= 0.6 is 0 Å². The van der Waals surface area contributed by atoms with E-state index in [0.717, 1.165) is 5.39 Å². The van der Waals surface area contributed by atoms with E-state index in [0.29, 0.717) is 16.9 Å². The number of rotatable bonds is 5. The number of hydrogen-bond donors (Lipinski definition) is 3. The zero-order valence-corrected chi connectivity index (χ0v) is 14.9. The highest BCUT2D eigenvalue weighted by atomic mass is 16.7. The van der Waals surface area contributed by atoms with E-state index in [-0.39, 0.29) is 6.61 Å². The van der Waals surface area contributed by atoms with Crippen molar-refractivity contribution in [1.29, 1.82) is 0 Å². The van der Waals surface area contributed by atoms with Gasteiger partial charge in [0, 0.05) is 6.92 Å². The number of ether oxygens (including phenoxy) is 4. The maximum absolute atomic E-state index is 11.0. The second kappa shape index (κ2) is 8.10. The van der Waals surface area contributed by atoms with Crippen molar-refractivity contribution in [1.82, 2.24) is 0 Å². The van der Waals surface area contributed by atoms with Crippen molar-refractivity contribution >= 4 is 16.7 Å². The number of carbonyl (C=O) groups excluding carboxylic acids is 1. The monoisotopic (exact) mass is 378 g/mol. The molecule has 2 aromatic carbocycles. The lowest BCUT2D eigenvalue weighted by Crippen LogP contribution is -2.60. The van der Waals surface area contributed by atoms with Gasteiger partial charge in [0.05, 0.1) is 12.5 Å². The average Bonchev–Trinajstić information content (AvgIpc) is 2.67. The standard InChI is InChI=1S/C19H22O8/c1-10(20)25-9-14-16(21)17(22)18(23)19(27-14)26-13-8-4-6-11-5-3-7-12(24-2)15(11)13/h3-8,14,16-19,21-23H,9H2,1-2H3/t14-,16-,17+,18-,19-/m1/s1. The number of hydrogen-bond acceptors (Lipinski definition) is 8. The van der Waals surface area contributed by atoms with E-state index >= 15 is 0 Å². The fourth-order valence-corrected chi connectivity index (χ4v) is 3.02. The van der Waals surface area contributed by atoms with Crippen molar-refractivity contribution in [3.63, 3.8) is 0 Å². The second-order valence-electron chi connectivity index (χ2n) is 6.25. The highest BCUT2D eigenvalue weighted by molar-refractivity contribution is 5.93. The highest BCUT2D eigenvalue weighted by Crippen LogP contribution is 2.35. The van der Waals surface area contributed by atoms with Crippen molar-refractivity contribution in [3.05, 3.63) is 36.4 Å². The van der Waals surface area contributed by atoms with Crippen LogP contribution in [0.25, 0.3) is 10.8 Å². The van der Waals surface area contributed by atoms with Gasteiger partial charge in [0.25, 0.3) is 0 Å². The van der Waals surface area contributed by atoms with Crippen LogP contribution in [0, 0.1) is 0 Å². The predicted octanol–water partition coefficient (Wildman–Crippen LogP) is 0.598. The van der Waals surface area contributed by atoms with Crippen LogP contribution in [0.4, 0.5) is 0 Å². The molecule has 8 nitrogen and oxygen atoms in total. The number of benzene rings is 2. The summed E-state index contributed by atoms with van der Waals surface area (Å²) in [5, 5.41) is 32.0. The molecule has 0 aromatic heterocycles. The van der Waals surface area contributed by atoms with E-state index in [1.165, 1.54) is 14.0 Å². The van der Waals surface area contributed by atoms with Crippen LogP contribution in [0.1, 0.15) is 6.92 Å². The molecule has 1 aliphatic rings. The lowest BCUT2D eigenvalue weighted by Gasteiger charge is -2.40. The summed E-state index contributed by atoms with van der Waals surface area (Å²) in [5.41, 5.74) is 0. The first-order valence-electron chi connectivity index (χ1n) is 8.47. The summed E-state index contributed by atoms with van der Waals surface area (Å²) in [6.07, 6.45) is -6.78.